The first-order valence-electron chi connectivity index (χ1n) is 10.7. The van der Waals surface area contributed by atoms with Gasteiger partial charge in [0.1, 0.15) is 0 Å². The molecule has 0 atom stereocenters. The molecule has 2 heterocycles. The fraction of sp³-hybridized carbons (Fsp3) is 0.400. The largest absolute Gasteiger partial charge is 0.358 e. The number of hydrogen-bond donors (Lipinski definition) is 1. The van der Waals surface area contributed by atoms with Crippen molar-refractivity contribution < 1.29 is 4.79 Å². The summed E-state index contributed by atoms with van der Waals surface area (Å²) in [6, 6.07) is 17.0. The average Bonchev–Trinajstić information content (AvgIpc) is 3.12. The van der Waals surface area contributed by atoms with Gasteiger partial charge in [-0.3, -0.25) is 4.79 Å². The summed E-state index contributed by atoms with van der Waals surface area (Å²) >= 11 is 0. The lowest BCUT2D eigenvalue weighted by Crippen LogP contribution is -2.38. The molecule has 3 heteroatoms. The van der Waals surface area contributed by atoms with Crippen molar-refractivity contribution in [1.82, 2.24) is 9.88 Å². The monoisotopic (exact) mass is 372 g/mol. The van der Waals surface area contributed by atoms with E-state index < -0.39 is 0 Å². The minimum atomic E-state index is 0.200. The second kappa shape index (κ2) is 7.46. The summed E-state index contributed by atoms with van der Waals surface area (Å²) in [5.41, 5.74) is 6.27. The van der Waals surface area contributed by atoms with Crippen LogP contribution in [0.25, 0.3) is 10.9 Å². The molecule has 0 unspecified atom stereocenters. The Bertz CT molecular complexity index is 980. The third-order valence-electron chi connectivity index (χ3n) is 6.61. The predicted molar refractivity (Wildman–Crippen MR) is 114 cm³/mol. The van der Waals surface area contributed by atoms with Crippen LogP contribution in [-0.2, 0) is 19.3 Å². The van der Waals surface area contributed by atoms with E-state index in [4.69, 9.17) is 0 Å². The molecule has 1 aliphatic heterocycles. The van der Waals surface area contributed by atoms with E-state index >= 15 is 0 Å². The van der Waals surface area contributed by atoms with Gasteiger partial charge in [-0.05, 0) is 80.2 Å². The van der Waals surface area contributed by atoms with Crippen molar-refractivity contribution in [3.05, 3.63) is 70.9 Å². The smallest absolute Gasteiger partial charge is 0.253 e. The molecule has 5 rings (SSSR count). The first kappa shape index (κ1) is 17.5. The van der Waals surface area contributed by atoms with Gasteiger partial charge < -0.3 is 9.88 Å². The zero-order chi connectivity index (χ0) is 18.9. The molecule has 1 saturated heterocycles. The summed E-state index contributed by atoms with van der Waals surface area (Å²) in [5, 5.41) is 1.26. The maximum Gasteiger partial charge on any atom is 0.253 e. The molecule has 3 aromatic rings. The van der Waals surface area contributed by atoms with Crippen LogP contribution in [-0.4, -0.2) is 28.9 Å². The highest BCUT2D eigenvalue weighted by Gasteiger charge is 2.24. The lowest BCUT2D eigenvalue weighted by Gasteiger charge is -2.32. The number of amides is 1. The van der Waals surface area contributed by atoms with E-state index in [1.165, 1.54) is 40.6 Å². The van der Waals surface area contributed by atoms with E-state index in [9.17, 15) is 4.79 Å². The summed E-state index contributed by atoms with van der Waals surface area (Å²) in [6.07, 6.45) is 8.13. The van der Waals surface area contributed by atoms with Crippen LogP contribution in [0.1, 0.15) is 52.9 Å². The maximum absolute atomic E-state index is 13.1. The fourth-order valence-electron chi connectivity index (χ4n) is 5.01. The number of nitrogens with one attached hydrogen (secondary N) is 1. The Hall–Kier alpha value is -2.55. The van der Waals surface area contributed by atoms with Gasteiger partial charge in [-0.1, -0.05) is 30.3 Å². The van der Waals surface area contributed by atoms with Crippen molar-refractivity contribution in [1.29, 1.82) is 0 Å². The van der Waals surface area contributed by atoms with Crippen molar-refractivity contribution in [3.63, 3.8) is 0 Å². The molecular weight excluding hydrogens is 344 g/mol. The number of benzene rings is 2. The molecule has 1 fully saturated rings. The fourth-order valence-corrected chi connectivity index (χ4v) is 5.01. The lowest BCUT2D eigenvalue weighted by atomic mass is 9.90. The number of piperidine rings is 1. The second-order valence-electron chi connectivity index (χ2n) is 8.47. The standard InChI is InChI=1S/C25H28N2O/c28-25(27-14-12-19(13-15-27)16-18-6-2-1-3-7-18)20-10-11-24-22(17-20)21-8-4-5-9-23(21)26-24/h1-3,6-7,10-11,17,19,26H,4-5,8-9,12-16H2. The molecule has 2 aliphatic rings. The topological polar surface area (TPSA) is 36.1 Å². The molecule has 0 saturated carbocycles. The van der Waals surface area contributed by atoms with Crippen molar-refractivity contribution in [2.75, 3.05) is 13.1 Å². The number of aromatic amines is 1. The number of H-pyrrole nitrogens is 1. The molecule has 1 aliphatic carbocycles. The first-order valence-corrected chi connectivity index (χ1v) is 10.7. The molecule has 28 heavy (non-hydrogen) atoms. The van der Waals surface area contributed by atoms with Crippen molar-refractivity contribution in [2.24, 2.45) is 5.92 Å². The van der Waals surface area contributed by atoms with E-state index in [0.29, 0.717) is 5.92 Å². The van der Waals surface area contributed by atoms with Gasteiger partial charge in [0, 0.05) is 35.2 Å². The van der Waals surface area contributed by atoms with Gasteiger partial charge in [0.2, 0.25) is 0 Å². The Morgan fingerprint density at radius 2 is 1.79 bits per heavy atom. The number of fused-ring (bicyclic) bond motifs is 3. The summed E-state index contributed by atoms with van der Waals surface area (Å²) in [7, 11) is 0. The number of carbonyl (C=O) groups is 1. The molecule has 2 aromatic carbocycles. The van der Waals surface area contributed by atoms with E-state index in [-0.39, 0.29) is 5.91 Å². The molecular formula is C25H28N2O. The summed E-state index contributed by atoms with van der Waals surface area (Å²) in [4.78, 5) is 18.7. The van der Waals surface area contributed by atoms with Gasteiger partial charge in [0.25, 0.3) is 5.91 Å². The van der Waals surface area contributed by atoms with E-state index in [0.717, 1.165) is 50.8 Å². The Kier molecular flexibility index (Phi) is 4.67. The molecule has 1 N–H and O–H groups in total. The predicted octanol–water partition coefficient (Wildman–Crippen LogP) is 5.14. The minimum Gasteiger partial charge on any atom is -0.358 e. The van der Waals surface area contributed by atoms with Crippen molar-refractivity contribution in [2.45, 2.75) is 44.9 Å². The van der Waals surface area contributed by atoms with Gasteiger partial charge in [-0.15, -0.1) is 0 Å². The van der Waals surface area contributed by atoms with Crippen molar-refractivity contribution in [3.8, 4) is 0 Å². The van der Waals surface area contributed by atoms with Gasteiger partial charge in [-0.2, -0.15) is 0 Å². The lowest BCUT2D eigenvalue weighted by molar-refractivity contribution is 0.0690. The van der Waals surface area contributed by atoms with Crippen molar-refractivity contribution >= 4 is 16.8 Å². The molecule has 0 bridgehead atoms. The highest BCUT2D eigenvalue weighted by Crippen LogP contribution is 2.30. The Balaban J connectivity index is 1.28. The summed E-state index contributed by atoms with van der Waals surface area (Å²) < 4.78 is 0. The molecule has 1 amide bonds. The molecule has 0 spiro atoms. The number of carbonyl (C=O) groups excluding carboxylic acids is 1. The van der Waals surface area contributed by atoms with Crippen LogP contribution in [0.4, 0.5) is 0 Å². The van der Waals surface area contributed by atoms with Crippen LogP contribution in [0.15, 0.2) is 48.5 Å². The first-order chi connectivity index (χ1) is 13.8. The zero-order valence-corrected chi connectivity index (χ0v) is 16.4. The molecule has 144 valence electrons. The second-order valence-corrected chi connectivity index (χ2v) is 8.47. The Labute approximate surface area is 166 Å². The Morgan fingerprint density at radius 1 is 1.00 bits per heavy atom. The third-order valence-corrected chi connectivity index (χ3v) is 6.61. The van der Waals surface area contributed by atoms with Gasteiger partial charge >= 0.3 is 0 Å². The van der Waals surface area contributed by atoms with E-state index in [1.807, 2.05) is 6.07 Å². The number of rotatable bonds is 3. The SMILES string of the molecule is O=C(c1ccc2[nH]c3c(c2c1)CCCC3)N1CCC(Cc2ccccc2)CC1. The maximum atomic E-state index is 13.1. The number of nitrogens with zero attached hydrogens (tertiary/aromatic N) is 1. The van der Waals surface area contributed by atoms with Crippen LogP contribution >= 0.6 is 0 Å². The highest BCUT2D eigenvalue weighted by atomic mass is 16.2. The summed E-state index contributed by atoms with van der Waals surface area (Å²) in [6.45, 7) is 1.75. The molecule has 3 nitrogen and oxygen atoms in total. The third kappa shape index (κ3) is 3.34. The molecule has 0 radical (unpaired) electrons. The highest BCUT2D eigenvalue weighted by molar-refractivity contribution is 5.99. The van der Waals surface area contributed by atoms with Gasteiger partial charge in [0.05, 0.1) is 0 Å². The van der Waals surface area contributed by atoms with Gasteiger partial charge in [0.15, 0.2) is 0 Å². The van der Waals surface area contributed by atoms with Crippen LogP contribution in [0.2, 0.25) is 0 Å². The van der Waals surface area contributed by atoms with E-state index in [2.05, 4.69) is 52.3 Å². The Morgan fingerprint density at radius 3 is 2.61 bits per heavy atom. The number of aromatic nitrogens is 1. The normalized spacial score (nSPS) is 17.6. The minimum absolute atomic E-state index is 0.200. The number of aryl methyl sites for hydroxylation is 2. The average molecular weight is 373 g/mol. The quantitative estimate of drug-likeness (QED) is 0.679. The number of likely N-dealkylation sites (tertiary alicyclic amines) is 1. The van der Waals surface area contributed by atoms with Crippen LogP contribution in [0.5, 0.6) is 0 Å². The van der Waals surface area contributed by atoms with E-state index in [1.54, 1.807) is 0 Å². The van der Waals surface area contributed by atoms with Crippen LogP contribution < -0.4 is 0 Å². The van der Waals surface area contributed by atoms with Crippen LogP contribution in [0, 0.1) is 5.92 Å². The molecule has 1 aromatic heterocycles. The summed E-state index contributed by atoms with van der Waals surface area (Å²) in [5.74, 6) is 0.886. The number of hydrogen-bond acceptors (Lipinski definition) is 1. The van der Waals surface area contributed by atoms with Crippen LogP contribution in [0.3, 0.4) is 0 Å². The van der Waals surface area contributed by atoms with Gasteiger partial charge in [-0.25, -0.2) is 0 Å². The zero-order valence-electron chi connectivity index (χ0n) is 16.4.